The van der Waals surface area contributed by atoms with E-state index in [0.717, 1.165) is 23.5 Å². The molecule has 0 spiro atoms. The molecule has 1 aromatic carbocycles. The first-order chi connectivity index (χ1) is 10.2. The number of benzene rings is 1. The second-order valence-electron chi connectivity index (χ2n) is 6.34. The molecule has 0 amide bonds. The zero-order valence-corrected chi connectivity index (χ0v) is 14.2. The standard InChI is InChI=1S/C18H29NOS/c1-3-19-18(13-20,16-9-5-4-6-10-16)14-21-17-11-7-8-15(2)12-17/h4-6,9-10,15,17,19-20H,3,7-8,11-14H2,1-2H3. The van der Waals surface area contributed by atoms with Crippen molar-refractivity contribution in [1.29, 1.82) is 0 Å². The first-order valence-electron chi connectivity index (χ1n) is 8.23. The van der Waals surface area contributed by atoms with E-state index in [1.165, 1.54) is 31.2 Å². The lowest BCUT2D eigenvalue weighted by Gasteiger charge is -2.36. The van der Waals surface area contributed by atoms with Crippen molar-refractivity contribution in [1.82, 2.24) is 5.32 Å². The molecule has 2 N–H and O–H groups in total. The maximum Gasteiger partial charge on any atom is 0.0760 e. The van der Waals surface area contributed by atoms with Crippen molar-refractivity contribution in [2.45, 2.75) is 50.3 Å². The number of thioether (sulfide) groups is 1. The van der Waals surface area contributed by atoms with Gasteiger partial charge < -0.3 is 10.4 Å². The predicted molar refractivity (Wildman–Crippen MR) is 92.8 cm³/mol. The van der Waals surface area contributed by atoms with Gasteiger partial charge in [-0.3, -0.25) is 0 Å². The van der Waals surface area contributed by atoms with Crippen LogP contribution < -0.4 is 5.32 Å². The van der Waals surface area contributed by atoms with E-state index >= 15 is 0 Å². The summed E-state index contributed by atoms with van der Waals surface area (Å²) in [4.78, 5) is 0. The Balaban J connectivity index is 2.05. The van der Waals surface area contributed by atoms with Crippen molar-refractivity contribution in [2.24, 2.45) is 5.92 Å². The van der Waals surface area contributed by atoms with Crippen LogP contribution in [0.5, 0.6) is 0 Å². The summed E-state index contributed by atoms with van der Waals surface area (Å²) in [6.07, 6.45) is 5.40. The van der Waals surface area contributed by atoms with Crippen LogP contribution in [0.1, 0.15) is 45.1 Å². The number of hydrogen-bond donors (Lipinski definition) is 2. The minimum absolute atomic E-state index is 0.153. The van der Waals surface area contributed by atoms with Crippen LogP contribution in [-0.2, 0) is 5.54 Å². The summed E-state index contributed by atoms with van der Waals surface area (Å²) in [7, 11) is 0. The Kier molecular flexibility index (Phi) is 6.59. The van der Waals surface area contributed by atoms with Gasteiger partial charge in [-0.25, -0.2) is 0 Å². The van der Waals surface area contributed by atoms with Crippen LogP contribution in [0.3, 0.4) is 0 Å². The van der Waals surface area contributed by atoms with E-state index < -0.39 is 0 Å². The Labute approximate surface area is 133 Å². The number of rotatable bonds is 7. The highest BCUT2D eigenvalue weighted by atomic mass is 32.2. The molecule has 0 aliphatic heterocycles. The van der Waals surface area contributed by atoms with E-state index in [4.69, 9.17) is 0 Å². The molecule has 0 aromatic heterocycles. The Hall–Kier alpha value is -0.510. The number of likely N-dealkylation sites (N-methyl/N-ethyl adjacent to an activating group) is 1. The highest BCUT2D eigenvalue weighted by molar-refractivity contribution is 7.99. The molecule has 1 aromatic rings. The first-order valence-corrected chi connectivity index (χ1v) is 9.28. The number of hydrogen-bond acceptors (Lipinski definition) is 3. The van der Waals surface area contributed by atoms with Crippen LogP contribution in [0.15, 0.2) is 30.3 Å². The Bertz CT molecular complexity index is 411. The second-order valence-corrected chi connectivity index (χ2v) is 7.63. The van der Waals surface area contributed by atoms with Crippen LogP contribution in [0.2, 0.25) is 0 Å². The van der Waals surface area contributed by atoms with Crippen molar-refractivity contribution in [2.75, 3.05) is 18.9 Å². The molecule has 1 saturated carbocycles. The van der Waals surface area contributed by atoms with E-state index in [0.29, 0.717) is 0 Å². The summed E-state index contributed by atoms with van der Waals surface area (Å²) < 4.78 is 0. The van der Waals surface area contributed by atoms with E-state index in [-0.39, 0.29) is 12.1 Å². The zero-order valence-electron chi connectivity index (χ0n) is 13.3. The third-order valence-corrected chi connectivity index (χ3v) is 6.12. The topological polar surface area (TPSA) is 32.3 Å². The second kappa shape index (κ2) is 8.21. The quantitative estimate of drug-likeness (QED) is 0.804. The summed E-state index contributed by atoms with van der Waals surface area (Å²) in [6, 6.07) is 10.4. The monoisotopic (exact) mass is 307 g/mol. The Morgan fingerprint density at radius 3 is 2.67 bits per heavy atom. The number of aliphatic hydroxyl groups excluding tert-OH is 1. The third kappa shape index (κ3) is 4.48. The summed E-state index contributed by atoms with van der Waals surface area (Å²) in [5, 5.41) is 14.4. The Morgan fingerprint density at radius 1 is 1.29 bits per heavy atom. The fourth-order valence-corrected chi connectivity index (χ4v) is 4.99. The molecular formula is C18H29NOS. The van der Waals surface area contributed by atoms with Crippen molar-refractivity contribution in [3.63, 3.8) is 0 Å². The van der Waals surface area contributed by atoms with Gasteiger partial charge in [0.1, 0.15) is 0 Å². The molecule has 3 heteroatoms. The third-order valence-electron chi connectivity index (χ3n) is 4.57. The van der Waals surface area contributed by atoms with E-state index in [1.807, 2.05) is 17.8 Å². The van der Waals surface area contributed by atoms with Gasteiger partial charge in [0.25, 0.3) is 0 Å². The van der Waals surface area contributed by atoms with Crippen molar-refractivity contribution in [3.8, 4) is 0 Å². The smallest absolute Gasteiger partial charge is 0.0760 e. The van der Waals surface area contributed by atoms with Crippen LogP contribution in [0.4, 0.5) is 0 Å². The molecule has 0 saturated heterocycles. The maximum absolute atomic E-state index is 10.1. The average Bonchev–Trinajstić information content (AvgIpc) is 2.52. The van der Waals surface area contributed by atoms with Gasteiger partial charge in [-0.15, -0.1) is 0 Å². The van der Waals surface area contributed by atoms with Gasteiger partial charge in [0, 0.05) is 11.0 Å². The van der Waals surface area contributed by atoms with Crippen LogP contribution in [0, 0.1) is 5.92 Å². The highest BCUT2D eigenvalue weighted by Crippen LogP contribution is 2.35. The van der Waals surface area contributed by atoms with Crippen LogP contribution >= 0.6 is 11.8 Å². The molecule has 3 unspecified atom stereocenters. The fourth-order valence-electron chi connectivity index (χ4n) is 3.31. The molecular weight excluding hydrogens is 278 g/mol. The summed E-state index contributed by atoms with van der Waals surface area (Å²) in [5.74, 6) is 1.80. The van der Waals surface area contributed by atoms with Gasteiger partial charge in [0.05, 0.1) is 12.1 Å². The lowest BCUT2D eigenvalue weighted by molar-refractivity contribution is 0.181. The average molecular weight is 308 g/mol. The number of nitrogens with one attached hydrogen (secondary N) is 1. The van der Waals surface area contributed by atoms with Gasteiger partial charge in [-0.1, -0.05) is 57.0 Å². The maximum atomic E-state index is 10.1. The predicted octanol–water partition coefficient (Wildman–Crippen LogP) is 3.80. The minimum atomic E-state index is -0.304. The van der Waals surface area contributed by atoms with Gasteiger partial charge in [0.15, 0.2) is 0 Å². The molecule has 0 bridgehead atoms. The number of aliphatic hydroxyl groups is 1. The molecule has 21 heavy (non-hydrogen) atoms. The lowest BCUT2D eigenvalue weighted by Crippen LogP contribution is -2.48. The fraction of sp³-hybridized carbons (Fsp3) is 0.667. The van der Waals surface area contributed by atoms with Crippen molar-refractivity contribution in [3.05, 3.63) is 35.9 Å². The molecule has 1 aliphatic carbocycles. The molecule has 1 fully saturated rings. The zero-order chi connectivity index (χ0) is 15.1. The minimum Gasteiger partial charge on any atom is -0.394 e. The van der Waals surface area contributed by atoms with Gasteiger partial charge in [-0.2, -0.15) is 11.8 Å². The summed E-state index contributed by atoms with van der Waals surface area (Å²) in [6.45, 7) is 5.51. The molecule has 1 aliphatic rings. The molecule has 2 nitrogen and oxygen atoms in total. The van der Waals surface area contributed by atoms with Crippen LogP contribution in [-0.4, -0.2) is 29.3 Å². The van der Waals surface area contributed by atoms with Crippen LogP contribution in [0.25, 0.3) is 0 Å². The van der Waals surface area contributed by atoms with Crippen molar-refractivity contribution < 1.29 is 5.11 Å². The molecule has 0 heterocycles. The van der Waals surface area contributed by atoms with Gasteiger partial charge in [-0.05, 0) is 30.9 Å². The summed E-state index contributed by atoms with van der Waals surface area (Å²) in [5.41, 5.74) is 0.896. The van der Waals surface area contributed by atoms with E-state index in [2.05, 4.69) is 43.4 Å². The molecule has 118 valence electrons. The van der Waals surface area contributed by atoms with Gasteiger partial charge >= 0.3 is 0 Å². The molecule has 0 radical (unpaired) electrons. The highest BCUT2D eigenvalue weighted by Gasteiger charge is 2.32. The van der Waals surface area contributed by atoms with Crippen molar-refractivity contribution >= 4 is 11.8 Å². The molecule has 2 rings (SSSR count). The molecule has 3 atom stereocenters. The van der Waals surface area contributed by atoms with E-state index in [9.17, 15) is 5.11 Å². The SMILES string of the molecule is CCNC(CO)(CSC1CCCC(C)C1)c1ccccc1. The largest absolute Gasteiger partial charge is 0.394 e. The first kappa shape index (κ1) is 16.9. The Morgan fingerprint density at radius 2 is 2.05 bits per heavy atom. The lowest BCUT2D eigenvalue weighted by atomic mass is 9.90. The van der Waals surface area contributed by atoms with Gasteiger partial charge in [0.2, 0.25) is 0 Å². The summed E-state index contributed by atoms with van der Waals surface area (Å²) >= 11 is 2.04. The van der Waals surface area contributed by atoms with E-state index in [1.54, 1.807) is 0 Å². The normalized spacial score (nSPS) is 25.5.